The molecular formula is C25H19ClF3N3O4S. The summed E-state index contributed by atoms with van der Waals surface area (Å²) in [4.78, 5) is 39.3. The molecule has 1 aliphatic carbocycles. The monoisotopic (exact) mass is 549 g/mol. The number of fused-ring (bicyclic) bond motifs is 1. The summed E-state index contributed by atoms with van der Waals surface area (Å²) in [6, 6.07) is 8.70. The lowest BCUT2D eigenvalue weighted by Gasteiger charge is -2.43. The van der Waals surface area contributed by atoms with Crippen LogP contribution in [0.3, 0.4) is 0 Å². The Hall–Kier alpha value is -3.31. The number of thioether (sulfide) groups is 1. The molecule has 0 N–H and O–H groups in total. The third kappa shape index (κ3) is 4.40. The number of benzene rings is 2. The fraction of sp³-hybridized carbons (Fsp3) is 0.280. The molecule has 2 heterocycles. The van der Waals surface area contributed by atoms with Crippen molar-refractivity contribution in [2.24, 2.45) is 0 Å². The van der Waals surface area contributed by atoms with Gasteiger partial charge in [-0.25, -0.2) is 4.79 Å². The number of nitrogens with zero attached hydrogens (tertiary/aromatic N) is 3. The molecule has 12 heteroatoms. The minimum absolute atomic E-state index is 0.00901. The SMILES string of the molecule is COC(=O)C1(N2C(=O)S/C(=C\c3ccc4c(cnn4Cc4ccc(Cl)cc4C(F)(F)F)c3)C2=O)CCC1. The number of amides is 2. The first-order chi connectivity index (χ1) is 17.5. The first-order valence-corrected chi connectivity index (χ1v) is 12.4. The molecule has 0 unspecified atom stereocenters. The molecule has 0 spiro atoms. The van der Waals surface area contributed by atoms with Crippen molar-refractivity contribution in [2.75, 3.05) is 7.11 Å². The van der Waals surface area contributed by atoms with Crippen LogP contribution in [0.2, 0.25) is 5.02 Å². The van der Waals surface area contributed by atoms with Gasteiger partial charge in [0.2, 0.25) is 0 Å². The number of imide groups is 1. The van der Waals surface area contributed by atoms with Gasteiger partial charge in [-0.1, -0.05) is 23.7 Å². The smallest absolute Gasteiger partial charge is 0.416 e. The van der Waals surface area contributed by atoms with Crippen molar-refractivity contribution >= 4 is 57.5 Å². The van der Waals surface area contributed by atoms with Crippen molar-refractivity contribution in [3.63, 3.8) is 0 Å². The molecule has 0 radical (unpaired) electrons. The number of aromatic nitrogens is 2. The van der Waals surface area contributed by atoms with Crippen LogP contribution in [0.25, 0.3) is 17.0 Å². The van der Waals surface area contributed by atoms with E-state index in [1.54, 1.807) is 24.3 Å². The summed E-state index contributed by atoms with van der Waals surface area (Å²) in [5, 5.41) is 4.34. The largest absolute Gasteiger partial charge is 0.467 e. The van der Waals surface area contributed by atoms with Crippen molar-refractivity contribution in [3.8, 4) is 0 Å². The van der Waals surface area contributed by atoms with Gasteiger partial charge in [0.05, 0.1) is 35.8 Å². The second-order valence-corrected chi connectivity index (χ2v) is 10.2. The Kier molecular flexibility index (Phi) is 6.31. The molecule has 1 saturated carbocycles. The van der Waals surface area contributed by atoms with Gasteiger partial charge in [0.1, 0.15) is 5.54 Å². The van der Waals surface area contributed by atoms with Crippen LogP contribution in [-0.4, -0.2) is 44.4 Å². The summed E-state index contributed by atoms with van der Waals surface area (Å²) in [6.07, 6.45) is -0.0730. The average Bonchev–Trinajstić information content (AvgIpc) is 3.34. The number of hydrogen-bond acceptors (Lipinski definition) is 6. The highest BCUT2D eigenvalue weighted by atomic mass is 35.5. The van der Waals surface area contributed by atoms with Crippen LogP contribution in [0.1, 0.15) is 36.0 Å². The van der Waals surface area contributed by atoms with E-state index in [2.05, 4.69) is 5.10 Å². The summed E-state index contributed by atoms with van der Waals surface area (Å²) >= 11 is 6.52. The standard InChI is InChI=1S/C25H19ClF3N3O4S/c1-36-22(34)24(7-2-8-24)32-21(33)20(37-23(32)35)10-14-3-6-19-16(9-14)12-30-31(19)13-15-4-5-17(26)11-18(15)25(27,28)29/h3-6,9-12H,2,7-8,13H2,1H3/b20-10-. The number of carbonyl (C=O) groups is 3. The van der Waals surface area contributed by atoms with E-state index in [-0.39, 0.29) is 22.0 Å². The van der Waals surface area contributed by atoms with E-state index in [1.807, 2.05) is 0 Å². The second kappa shape index (κ2) is 9.21. The zero-order valence-electron chi connectivity index (χ0n) is 19.3. The van der Waals surface area contributed by atoms with Crippen LogP contribution < -0.4 is 0 Å². The van der Waals surface area contributed by atoms with Gasteiger partial charge >= 0.3 is 12.1 Å². The maximum absolute atomic E-state index is 13.5. The fourth-order valence-electron chi connectivity index (χ4n) is 4.64. The van der Waals surface area contributed by atoms with E-state index in [9.17, 15) is 27.6 Å². The van der Waals surface area contributed by atoms with Gasteiger partial charge in [0.15, 0.2) is 0 Å². The van der Waals surface area contributed by atoms with Gasteiger partial charge < -0.3 is 4.74 Å². The lowest BCUT2D eigenvalue weighted by Crippen LogP contribution is -2.61. The molecular weight excluding hydrogens is 531 g/mol. The van der Waals surface area contributed by atoms with Crippen molar-refractivity contribution in [1.82, 2.24) is 14.7 Å². The molecule has 2 aromatic carbocycles. The third-order valence-corrected chi connectivity index (χ3v) is 7.73. The maximum atomic E-state index is 13.5. The van der Waals surface area contributed by atoms with E-state index in [4.69, 9.17) is 16.3 Å². The number of halogens is 4. The molecule has 0 bridgehead atoms. The molecule has 1 aromatic heterocycles. The maximum Gasteiger partial charge on any atom is 0.416 e. The van der Waals surface area contributed by atoms with E-state index >= 15 is 0 Å². The molecule has 2 amide bonds. The molecule has 192 valence electrons. The predicted octanol–water partition coefficient (Wildman–Crippen LogP) is 5.89. The number of rotatable bonds is 5. The second-order valence-electron chi connectivity index (χ2n) is 8.81. The zero-order valence-corrected chi connectivity index (χ0v) is 20.9. The van der Waals surface area contributed by atoms with Crippen LogP contribution in [0.5, 0.6) is 0 Å². The van der Waals surface area contributed by atoms with Gasteiger partial charge in [-0.15, -0.1) is 0 Å². The van der Waals surface area contributed by atoms with Crippen molar-refractivity contribution in [2.45, 2.75) is 37.5 Å². The Bertz CT molecular complexity index is 1480. The van der Waals surface area contributed by atoms with Crippen molar-refractivity contribution in [3.05, 3.63) is 69.2 Å². The lowest BCUT2D eigenvalue weighted by atomic mass is 9.75. The number of hydrogen-bond donors (Lipinski definition) is 0. The Morgan fingerprint density at radius 3 is 2.62 bits per heavy atom. The van der Waals surface area contributed by atoms with Gasteiger partial charge in [-0.05, 0) is 72.5 Å². The first-order valence-electron chi connectivity index (χ1n) is 11.2. The zero-order chi connectivity index (χ0) is 26.5. The molecule has 3 aromatic rings. The molecule has 1 aliphatic heterocycles. The topological polar surface area (TPSA) is 81.5 Å². The highest BCUT2D eigenvalue weighted by Crippen LogP contribution is 2.46. The Morgan fingerprint density at radius 2 is 1.97 bits per heavy atom. The minimum atomic E-state index is -4.56. The van der Waals surface area contributed by atoms with Gasteiger partial charge in [0.25, 0.3) is 11.1 Å². The quantitative estimate of drug-likeness (QED) is 0.292. The summed E-state index contributed by atoms with van der Waals surface area (Å²) in [7, 11) is 1.23. The van der Waals surface area contributed by atoms with Crippen LogP contribution >= 0.6 is 23.4 Å². The third-order valence-electron chi connectivity index (χ3n) is 6.63. The molecule has 1 saturated heterocycles. The molecule has 0 atom stereocenters. The summed E-state index contributed by atoms with van der Waals surface area (Å²) in [6.45, 7) is -0.122. The number of carbonyl (C=O) groups excluding carboxylic acids is 3. The molecule has 37 heavy (non-hydrogen) atoms. The van der Waals surface area contributed by atoms with Crippen LogP contribution in [0.4, 0.5) is 18.0 Å². The number of esters is 1. The Labute approximate surface area is 218 Å². The van der Waals surface area contributed by atoms with Crippen LogP contribution in [0, 0.1) is 0 Å². The average molecular weight is 550 g/mol. The van der Waals surface area contributed by atoms with Crippen LogP contribution in [0.15, 0.2) is 47.5 Å². The molecule has 2 fully saturated rings. The van der Waals surface area contributed by atoms with Crippen molar-refractivity contribution < 1.29 is 32.3 Å². The van der Waals surface area contributed by atoms with Gasteiger partial charge in [0, 0.05) is 10.4 Å². The van der Waals surface area contributed by atoms with E-state index in [0.29, 0.717) is 35.7 Å². The molecule has 5 rings (SSSR count). The predicted molar refractivity (Wildman–Crippen MR) is 132 cm³/mol. The summed E-state index contributed by atoms with van der Waals surface area (Å²) in [5.74, 6) is -1.16. The van der Waals surface area contributed by atoms with Crippen LogP contribution in [-0.2, 0) is 27.0 Å². The van der Waals surface area contributed by atoms with Gasteiger partial charge in [-0.3, -0.25) is 19.2 Å². The number of ether oxygens (including phenoxy) is 1. The highest BCUT2D eigenvalue weighted by Gasteiger charge is 2.58. The Morgan fingerprint density at radius 1 is 1.22 bits per heavy atom. The fourth-order valence-corrected chi connectivity index (χ4v) is 5.72. The summed E-state index contributed by atoms with van der Waals surface area (Å²) in [5.41, 5.74) is -0.872. The molecule has 2 aliphatic rings. The normalized spacial score (nSPS) is 18.5. The number of alkyl halides is 3. The number of methoxy groups -OCH3 is 1. The summed E-state index contributed by atoms with van der Waals surface area (Å²) < 4.78 is 46.8. The van der Waals surface area contributed by atoms with E-state index < -0.39 is 34.4 Å². The van der Waals surface area contributed by atoms with Gasteiger partial charge in [-0.2, -0.15) is 18.3 Å². The lowest BCUT2D eigenvalue weighted by molar-refractivity contribution is -0.162. The molecule has 7 nitrogen and oxygen atoms in total. The van der Waals surface area contributed by atoms with Crippen molar-refractivity contribution in [1.29, 1.82) is 0 Å². The highest BCUT2D eigenvalue weighted by molar-refractivity contribution is 8.18. The Balaban J connectivity index is 1.42. The van der Waals surface area contributed by atoms with E-state index in [1.165, 1.54) is 30.1 Å². The minimum Gasteiger partial charge on any atom is -0.467 e. The van der Waals surface area contributed by atoms with E-state index in [0.717, 1.165) is 22.7 Å². The first kappa shape index (κ1) is 25.3.